The van der Waals surface area contributed by atoms with Gasteiger partial charge in [-0.2, -0.15) is 0 Å². The molecule has 0 aromatic carbocycles. The molecule has 0 bridgehead atoms. The Labute approximate surface area is 70.0 Å². The molecule has 11 heavy (non-hydrogen) atoms. The van der Waals surface area contributed by atoms with Gasteiger partial charge in [-0.1, -0.05) is 20.8 Å². The van der Waals surface area contributed by atoms with E-state index < -0.39 is 0 Å². The first kappa shape index (κ1) is 10.9. The average molecular weight is 159 g/mol. The molecule has 2 nitrogen and oxygen atoms in total. The summed E-state index contributed by atoms with van der Waals surface area (Å²) in [5, 5.41) is 10.8. The fraction of sp³-hybridized carbons (Fsp3) is 1.00. The van der Waals surface area contributed by atoms with Crippen LogP contribution in [-0.4, -0.2) is 24.8 Å². The molecule has 0 radical (unpaired) electrons. The predicted molar refractivity (Wildman–Crippen MR) is 48.6 cm³/mol. The van der Waals surface area contributed by atoms with Gasteiger partial charge >= 0.3 is 0 Å². The van der Waals surface area contributed by atoms with Gasteiger partial charge in [0.05, 0.1) is 0 Å². The molecule has 0 amide bonds. The lowest BCUT2D eigenvalue weighted by Gasteiger charge is -1.97. The minimum absolute atomic E-state index is 0.250. The highest BCUT2D eigenvalue weighted by molar-refractivity contribution is 5.07. The zero-order chi connectivity index (χ0) is 9.07. The van der Waals surface area contributed by atoms with Crippen LogP contribution in [0.3, 0.4) is 0 Å². The van der Waals surface area contributed by atoms with Gasteiger partial charge in [0.15, 0.2) is 0 Å². The van der Waals surface area contributed by atoms with E-state index in [1.165, 1.54) is 0 Å². The van der Waals surface area contributed by atoms with Crippen molar-refractivity contribution in [3.05, 3.63) is 0 Å². The van der Waals surface area contributed by atoms with E-state index in [9.17, 15) is 0 Å². The molecule has 1 rings (SSSR count). The molecule has 0 aliphatic heterocycles. The van der Waals surface area contributed by atoms with Crippen LogP contribution in [0.2, 0.25) is 0 Å². The normalized spacial score (nSPS) is 32.2. The molecule has 2 unspecified atom stereocenters. The lowest BCUT2D eigenvalue weighted by Crippen LogP contribution is -2.14. The SMILES string of the molecule is CCO.CNC1C(C)C1(C)C. The van der Waals surface area contributed by atoms with Crippen molar-refractivity contribution in [2.24, 2.45) is 11.3 Å². The fourth-order valence-electron chi connectivity index (χ4n) is 1.52. The summed E-state index contributed by atoms with van der Waals surface area (Å²) in [4.78, 5) is 0. The van der Waals surface area contributed by atoms with Crippen LogP contribution >= 0.6 is 0 Å². The van der Waals surface area contributed by atoms with Crippen LogP contribution in [0, 0.1) is 11.3 Å². The van der Waals surface area contributed by atoms with Crippen molar-refractivity contribution in [1.82, 2.24) is 5.32 Å². The molecule has 1 saturated carbocycles. The molecule has 2 heteroatoms. The maximum absolute atomic E-state index is 7.57. The first-order valence-electron chi connectivity index (χ1n) is 4.30. The second-order valence-electron chi connectivity index (χ2n) is 3.69. The first-order valence-corrected chi connectivity index (χ1v) is 4.30. The summed E-state index contributed by atoms with van der Waals surface area (Å²) in [7, 11) is 2.04. The van der Waals surface area contributed by atoms with E-state index in [1.54, 1.807) is 6.92 Å². The van der Waals surface area contributed by atoms with Crippen molar-refractivity contribution in [3.63, 3.8) is 0 Å². The number of rotatable bonds is 1. The summed E-state index contributed by atoms with van der Waals surface area (Å²) in [6, 6.07) is 0.766. The van der Waals surface area contributed by atoms with E-state index in [-0.39, 0.29) is 6.61 Å². The molecule has 1 aliphatic rings. The number of nitrogens with one attached hydrogen (secondary N) is 1. The lowest BCUT2D eigenvalue weighted by atomic mass is 10.1. The zero-order valence-corrected chi connectivity index (χ0v) is 8.31. The Hall–Kier alpha value is -0.0800. The van der Waals surface area contributed by atoms with Crippen molar-refractivity contribution in [1.29, 1.82) is 0 Å². The molecule has 2 atom stereocenters. The van der Waals surface area contributed by atoms with E-state index in [2.05, 4.69) is 26.1 Å². The second kappa shape index (κ2) is 4.07. The van der Waals surface area contributed by atoms with E-state index in [0.717, 1.165) is 12.0 Å². The van der Waals surface area contributed by atoms with Gasteiger partial charge in [-0.25, -0.2) is 0 Å². The molecule has 0 aromatic heterocycles. The van der Waals surface area contributed by atoms with Crippen molar-refractivity contribution < 1.29 is 5.11 Å². The highest BCUT2D eigenvalue weighted by Crippen LogP contribution is 2.50. The summed E-state index contributed by atoms with van der Waals surface area (Å²) >= 11 is 0. The van der Waals surface area contributed by atoms with Gasteiger partial charge in [0.25, 0.3) is 0 Å². The predicted octanol–water partition coefficient (Wildman–Crippen LogP) is 1.25. The Bertz CT molecular complexity index is 112. The number of hydrogen-bond donors (Lipinski definition) is 2. The molecular weight excluding hydrogens is 138 g/mol. The molecule has 2 N–H and O–H groups in total. The van der Waals surface area contributed by atoms with Crippen LogP contribution in [0.15, 0.2) is 0 Å². The Morgan fingerprint density at radius 1 is 1.45 bits per heavy atom. The smallest absolute Gasteiger partial charge is 0.0402 e. The molecule has 1 fully saturated rings. The molecule has 0 saturated heterocycles. The minimum Gasteiger partial charge on any atom is -0.397 e. The van der Waals surface area contributed by atoms with E-state index >= 15 is 0 Å². The molecular formula is C9H21NO. The zero-order valence-electron chi connectivity index (χ0n) is 8.31. The summed E-state index contributed by atoms with van der Waals surface area (Å²) in [5.41, 5.74) is 0.564. The highest BCUT2D eigenvalue weighted by Gasteiger charge is 2.53. The Balaban J connectivity index is 0.000000292. The third-order valence-electron chi connectivity index (χ3n) is 2.68. The van der Waals surface area contributed by atoms with Gasteiger partial charge in [-0.15, -0.1) is 0 Å². The van der Waals surface area contributed by atoms with Gasteiger partial charge in [-0.3, -0.25) is 0 Å². The van der Waals surface area contributed by atoms with Gasteiger partial charge < -0.3 is 10.4 Å². The molecule has 0 aromatic rings. The van der Waals surface area contributed by atoms with E-state index in [1.807, 2.05) is 7.05 Å². The molecule has 0 spiro atoms. The van der Waals surface area contributed by atoms with Crippen LogP contribution in [-0.2, 0) is 0 Å². The summed E-state index contributed by atoms with van der Waals surface area (Å²) in [6.45, 7) is 8.83. The van der Waals surface area contributed by atoms with Crippen LogP contribution in [0.25, 0.3) is 0 Å². The molecule has 68 valence electrons. The van der Waals surface area contributed by atoms with Gasteiger partial charge in [0.1, 0.15) is 0 Å². The maximum Gasteiger partial charge on any atom is 0.0402 e. The van der Waals surface area contributed by atoms with E-state index in [0.29, 0.717) is 5.41 Å². The van der Waals surface area contributed by atoms with Crippen molar-refractivity contribution in [3.8, 4) is 0 Å². The van der Waals surface area contributed by atoms with Crippen molar-refractivity contribution in [2.45, 2.75) is 33.7 Å². The fourth-order valence-corrected chi connectivity index (χ4v) is 1.52. The lowest BCUT2D eigenvalue weighted by molar-refractivity contribution is 0.318. The van der Waals surface area contributed by atoms with Crippen molar-refractivity contribution in [2.75, 3.05) is 13.7 Å². The summed E-state index contributed by atoms with van der Waals surface area (Å²) in [5.74, 6) is 0.868. The van der Waals surface area contributed by atoms with Crippen LogP contribution in [0.5, 0.6) is 0 Å². The standard InChI is InChI=1S/C7H15N.C2H6O/c1-5-6(8-4)7(5,2)3;1-2-3/h5-6,8H,1-4H3;3H,2H2,1H3. The summed E-state index contributed by atoms with van der Waals surface area (Å²) in [6.07, 6.45) is 0. The molecule has 0 heterocycles. The van der Waals surface area contributed by atoms with Crippen molar-refractivity contribution >= 4 is 0 Å². The van der Waals surface area contributed by atoms with Gasteiger partial charge in [-0.05, 0) is 25.3 Å². The first-order chi connectivity index (χ1) is 5.02. The summed E-state index contributed by atoms with van der Waals surface area (Å²) < 4.78 is 0. The maximum atomic E-state index is 7.57. The Morgan fingerprint density at radius 3 is 1.73 bits per heavy atom. The number of aliphatic hydroxyl groups excluding tert-OH is 1. The quantitative estimate of drug-likeness (QED) is 0.603. The average Bonchev–Trinajstić information content (AvgIpc) is 2.35. The minimum atomic E-state index is 0.250. The third kappa shape index (κ3) is 2.46. The molecule has 1 aliphatic carbocycles. The van der Waals surface area contributed by atoms with Gasteiger partial charge in [0.2, 0.25) is 0 Å². The highest BCUT2D eigenvalue weighted by atomic mass is 16.2. The third-order valence-corrected chi connectivity index (χ3v) is 2.68. The topological polar surface area (TPSA) is 32.3 Å². The largest absolute Gasteiger partial charge is 0.397 e. The van der Waals surface area contributed by atoms with Gasteiger partial charge in [0, 0.05) is 12.6 Å². The Kier molecular flexibility index (Phi) is 4.04. The number of hydrogen-bond acceptors (Lipinski definition) is 2. The Morgan fingerprint density at radius 2 is 1.73 bits per heavy atom. The monoisotopic (exact) mass is 159 g/mol. The van der Waals surface area contributed by atoms with Crippen LogP contribution in [0.4, 0.5) is 0 Å². The number of aliphatic hydroxyl groups is 1. The van der Waals surface area contributed by atoms with E-state index in [4.69, 9.17) is 5.11 Å². The van der Waals surface area contributed by atoms with Crippen LogP contribution < -0.4 is 5.32 Å². The second-order valence-corrected chi connectivity index (χ2v) is 3.69. The van der Waals surface area contributed by atoms with Crippen LogP contribution in [0.1, 0.15) is 27.7 Å².